The first kappa shape index (κ1) is 13.2. The fourth-order valence-electron chi connectivity index (χ4n) is 2.52. The topological polar surface area (TPSA) is 35.8 Å². The van der Waals surface area contributed by atoms with Gasteiger partial charge in [-0.3, -0.25) is 0 Å². The summed E-state index contributed by atoms with van der Waals surface area (Å²) in [7, 11) is 0. The van der Waals surface area contributed by atoms with Gasteiger partial charge in [0.1, 0.15) is 0 Å². The van der Waals surface area contributed by atoms with Gasteiger partial charge in [0.05, 0.1) is 11.6 Å². The fourth-order valence-corrected chi connectivity index (χ4v) is 2.52. The van der Waals surface area contributed by atoms with Crippen molar-refractivity contribution >= 4 is 22.1 Å². The quantitative estimate of drug-likeness (QED) is 0.706. The largest absolute Gasteiger partial charge is 0.355 e. The minimum Gasteiger partial charge on any atom is -0.355 e. The summed E-state index contributed by atoms with van der Waals surface area (Å²) in [5, 5.41) is 14.8. The van der Waals surface area contributed by atoms with Gasteiger partial charge in [-0.15, -0.1) is 0 Å². The molecular formula is C19H16N2. The van der Waals surface area contributed by atoms with Crippen LogP contribution in [0.5, 0.6) is 0 Å². The molecule has 0 aliphatic carbocycles. The predicted octanol–water partition coefficient (Wildman–Crippen LogP) is 5.07. The van der Waals surface area contributed by atoms with Crippen LogP contribution in [0, 0.1) is 25.2 Å². The molecule has 21 heavy (non-hydrogen) atoms. The summed E-state index contributed by atoms with van der Waals surface area (Å²) in [6.07, 6.45) is 0. The maximum Gasteiger partial charge on any atom is 0.0998 e. The number of hydrogen-bond donors (Lipinski definition) is 1. The average Bonchev–Trinajstić information content (AvgIpc) is 2.51. The van der Waals surface area contributed by atoms with Crippen molar-refractivity contribution in [3.63, 3.8) is 0 Å². The molecule has 0 atom stereocenters. The van der Waals surface area contributed by atoms with Crippen molar-refractivity contribution in [2.75, 3.05) is 5.32 Å². The zero-order chi connectivity index (χ0) is 14.8. The van der Waals surface area contributed by atoms with Gasteiger partial charge in [0.25, 0.3) is 0 Å². The van der Waals surface area contributed by atoms with Crippen molar-refractivity contribution in [2.24, 2.45) is 0 Å². The van der Waals surface area contributed by atoms with E-state index in [0.717, 1.165) is 22.1 Å². The summed E-state index contributed by atoms with van der Waals surface area (Å²) in [6.45, 7) is 4.18. The lowest BCUT2D eigenvalue weighted by atomic mass is 10.0. The molecule has 2 nitrogen and oxygen atoms in total. The number of hydrogen-bond acceptors (Lipinski definition) is 2. The number of fused-ring (bicyclic) bond motifs is 1. The molecule has 0 spiro atoms. The molecule has 0 saturated carbocycles. The molecule has 2 heteroatoms. The van der Waals surface area contributed by atoms with E-state index in [1.54, 1.807) is 0 Å². The van der Waals surface area contributed by atoms with Crippen LogP contribution in [0.2, 0.25) is 0 Å². The summed E-state index contributed by atoms with van der Waals surface area (Å²) in [5.74, 6) is 0. The van der Waals surface area contributed by atoms with Gasteiger partial charge >= 0.3 is 0 Å². The maximum atomic E-state index is 9.23. The third-order valence-corrected chi connectivity index (χ3v) is 3.71. The second-order valence-corrected chi connectivity index (χ2v) is 5.26. The molecule has 0 radical (unpaired) electrons. The Labute approximate surface area is 124 Å². The Morgan fingerprint density at radius 3 is 2.38 bits per heavy atom. The van der Waals surface area contributed by atoms with E-state index in [1.807, 2.05) is 36.4 Å². The van der Waals surface area contributed by atoms with Gasteiger partial charge in [0.2, 0.25) is 0 Å². The molecule has 0 fully saturated rings. The molecule has 3 aromatic rings. The van der Waals surface area contributed by atoms with E-state index in [2.05, 4.69) is 43.4 Å². The van der Waals surface area contributed by atoms with Crippen LogP contribution in [0.3, 0.4) is 0 Å². The highest BCUT2D eigenvalue weighted by Crippen LogP contribution is 2.30. The number of benzene rings is 3. The van der Waals surface area contributed by atoms with E-state index in [4.69, 9.17) is 0 Å². The second kappa shape index (κ2) is 5.30. The van der Waals surface area contributed by atoms with Crippen LogP contribution in [0.15, 0.2) is 54.6 Å². The first-order valence-electron chi connectivity index (χ1n) is 6.95. The van der Waals surface area contributed by atoms with E-state index in [-0.39, 0.29) is 0 Å². The van der Waals surface area contributed by atoms with Gasteiger partial charge in [-0.05, 0) is 43.2 Å². The normalized spacial score (nSPS) is 10.3. The lowest BCUT2D eigenvalue weighted by molar-refractivity contribution is 1.38. The van der Waals surface area contributed by atoms with Crippen LogP contribution in [0.25, 0.3) is 10.8 Å². The van der Waals surface area contributed by atoms with Crippen molar-refractivity contribution < 1.29 is 0 Å². The van der Waals surface area contributed by atoms with E-state index >= 15 is 0 Å². The zero-order valence-corrected chi connectivity index (χ0v) is 12.1. The van der Waals surface area contributed by atoms with Crippen molar-refractivity contribution in [3.8, 4) is 6.07 Å². The Balaban J connectivity index is 2.14. The third kappa shape index (κ3) is 2.46. The fraction of sp³-hybridized carbons (Fsp3) is 0.105. The summed E-state index contributed by atoms with van der Waals surface area (Å²) in [6, 6.07) is 20.5. The molecule has 0 amide bonds. The Bertz CT molecular complexity index is 857. The second-order valence-electron chi connectivity index (χ2n) is 5.26. The molecule has 0 heterocycles. The van der Waals surface area contributed by atoms with Crippen molar-refractivity contribution in [1.29, 1.82) is 5.26 Å². The Morgan fingerprint density at radius 1 is 0.857 bits per heavy atom. The zero-order valence-electron chi connectivity index (χ0n) is 12.1. The van der Waals surface area contributed by atoms with Crippen LogP contribution in [-0.4, -0.2) is 0 Å². The molecule has 0 unspecified atom stereocenters. The summed E-state index contributed by atoms with van der Waals surface area (Å²) in [4.78, 5) is 0. The first-order chi connectivity index (χ1) is 10.2. The molecule has 3 rings (SSSR count). The molecule has 0 aliphatic heterocycles. The molecule has 102 valence electrons. The maximum absolute atomic E-state index is 9.23. The van der Waals surface area contributed by atoms with Crippen molar-refractivity contribution in [3.05, 3.63) is 71.3 Å². The van der Waals surface area contributed by atoms with E-state index in [1.165, 1.54) is 11.1 Å². The molecule has 0 aromatic heterocycles. The molecule has 0 bridgehead atoms. The molecular weight excluding hydrogens is 256 g/mol. The van der Waals surface area contributed by atoms with E-state index in [9.17, 15) is 5.26 Å². The number of nitrogens with one attached hydrogen (secondary N) is 1. The van der Waals surface area contributed by atoms with Crippen LogP contribution in [0.4, 0.5) is 11.4 Å². The van der Waals surface area contributed by atoms with E-state index in [0.29, 0.717) is 5.56 Å². The number of aryl methyl sites for hydroxylation is 2. The number of nitrogens with zero attached hydrogens (tertiary/aromatic N) is 1. The first-order valence-corrected chi connectivity index (χ1v) is 6.95. The smallest absolute Gasteiger partial charge is 0.0998 e. The predicted molar refractivity (Wildman–Crippen MR) is 87.9 cm³/mol. The Morgan fingerprint density at radius 2 is 1.62 bits per heavy atom. The number of anilines is 2. The molecule has 3 aromatic carbocycles. The van der Waals surface area contributed by atoms with Crippen LogP contribution in [-0.2, 0) is 0 Å². The van der Waals surface area contributed by atoms with Gasteiger partial charge in [0, 0.05) is 22.1 Å². The number of rotatable bonds is 2. The lowest BCUT2D eigenvalue weighted by Crippen LogP contribution is -1.95. The monoisotopic (exact) mass is 272 g/mol. The van der Waals surface area contributed by atoms with Crippen LogP contribution < -0.4 is 5.32 Å². The van der Waals surface area contributed by atoms with Gasteiger partial charge in [-0.2, -0.15) is 5.26 Å². The van der Waals surface area contributed by atoms with Gasteiger partial charge in [-0.1, -0.05) is 36.4 Å². The highest BCUT2D eigenvalue weighted by Gasteiger charge is 2.06. The summed E-state index contributed by atoms with van der Waals surface area (Å²) in [5.41, 5.74) is 5.26. The van der Waals surface area contributed by atoms with Gasteiger partial charge < -0.3 is 5.32 Å². The summed E-state index contributed by atoms with van der Waals surface area (Å²) >= 11 is 0. The Hall–Kier alpha value is -2.79. The SMILES string of the molecule is Cc1ccc(C)c(Nc2ccc(C#N)c3ccccc23)c1. The van der Waals surface area contributed by atoms with Gasteiger partial charge in [-0.25, -0.2) is 0 Å². The standard InChI is InChI=1S/C19H16N2/c1-13-7-8-14(2)19(11-13)21-18-10-9-15(12-20)16-5-3-4-6-17(16)18/h3-11,21H,1-2H3. The van der Waals surface area contributed by atoms with E-state index < -0.39 is 0 Å². The highest BCUT2D eigenvalue weighted by molar-refractivity contribution is 5.98. The highest BCUT2D eigenvalue weighted by atomic mass is 14.9. The number of nitriles is 1. The molecule has 1 N–H and O–H groups in total. The average molecular weight is 272 g/mol. The Kier molecular flexibility index (Phi) is 3.33. The third-order valence-electron chi connectivity index (χ3n) is 3.71. The van der Waals surface area contributed by atoms with Gasteiger partial charge in [0.15, 0.2) is 0 Å². The molecule has 0 aliphatic rings. The van der Waals surface area contributed by atoms with Crippen molar-refractivity contribution in [2.45, 2.75) is 13.8 Å². The minimum atomic E-state index is 0.706. The summed E-state index contributed by atoms with van der Waals surface area (Å²) < 4.78 is 0. The van der Waals surface area contributed by atoms with Crippen LogP contribution >= 0.6 is 0 Å². The molecule has 0 saturated heterocycles. The van der Waals surface area contributed by atoms with Crippen molar-refractivity contribution in [1.82, 2.24) is 0 Å². The lowest BCUT2D eigenvalue weighted by Gasteiger charge is -2.13. The minimum absolute atomic E-state index is 0.706. The van der Waals surface area contributed by atoms with Crippen LogP contribution in [0.1, 0.15) is 16.7 Å².